The lowest BCUT2D eigenvalue weighted by molar-refractivity contribution is 1.17. The summed E-state index contributed by atoms with van der Waals surface area (Å²) in [5.74, 6) is 0. The summed E-state index contributed by atoms with van der Waals surface area (Å²) >= 11 is 0.986. The fourth-order valence-corrected chi connectivity index (χ4v) is 1.70. The maximum atomic E-state index is 8.53. The number of nitriles is 1. The van der Waals surface area contributed by atoms with Crippen molar-refractivity contribution in [2.75, 3.05) is 5.73 Å². The van der Waals surface area contributed by atoms with E-state index >= 15 is 0 Å². The third kappa shape index (κ3) is 1.38. The molecule has 0 saturated carbocycles. The minimum Gasteiger partial charge on any atom is -0.396 e. The Bertz CT molecular complexity index is 516. The molecular weight excluding hydrogens is 194 g/mol. The maximum Gasteiger partial charge on any atom is 0.140 e. The van der Waals surface area contributed by atoms with Gasteiger partial charge >= 0.3 is 0 Å². The van der Waals surface area contributed by atoms with Crippen molar-refractivity contribution in [1.29, 1.82) is 5.26 Å². The van der Waals surface area contributed by atoms with Gasteiger partial charge in [-0.25, -0.2) is 4.98 Å². The van der Waals surface area contributed by atoms with Crippen molar-refractivity contribution in [1.82, 2.24) is 4.98 Å². The molecule has 0 aliphatic heterocycles. The number of anilines is 1. The van der Waals surface area contributed by atoms with Crippen LogP contribution in [0.25, 0.3) is 10.8 Å². The van der Waals surface area contributed by atoms with Crippen LogP contribution in [0.2, 0.25) is 0 Å². The van der Waals surface area contributed by atoms with E-state index in [4.69, 9.17) is 11.0 Å². The van der Waals surface area contributed by atoms with Crippen molar-refractivity contribution in [2.24, 2.45) is 0 Å². The number of nitrogens with two attached hydrogens (primary N) is 1. The van der Waals surface area contributed by atoms with Crippen molar-refractivity contribution < 1.29 is 0 Å². The van der Waals surface area contributed by atoms with Gasteiger partial charge in [-0.15, -0.1) is 0 Å². The highest BCUT2D eigenvalue weighted by atomic mass is 32.2. The molecule has 2 rings (SSSR count). The number of hydrogen-bond donors (Lipinski definition) is 1. The van der Waals surface area contributed by atoms with Gasteiger partial charge in [0.25, 0.3) is 0 Å². The molecule has 14 heavy (non-hydrogen) atoms. The van der Waals surface area contributed by atoms with E-state index in [1.807, 2.05) is 29.7 Å². The van der Waals surface area contributed by atoms with Gasteiger partial charge in [0, 0.05) is 28.7 Å². The van der Waals surface area contributed by atoms with Gasteiger partial charge in [0.15, 0.2) is 0 Å². The number of fused-ring (bicyclic) bond motifs is 1. The normalized spacial score (nSPS) is 9.93. The molecule has 2 aromatic rings. The number of aromatic nitrogens is 1. The van der Waals surface area contributed by atoms with E-state index in [2.05, 4.69) is 4.98 Å². The van der Waals surface area contributed by atoms with Crippen molar-refractivity contribution in [3.05, 3.63) is 30.5 Å². The molecule has 1 aromatic heterocycles. The van der Waals surface area contributed by atoms with Crippen LogP contribution in [-0.2, 0) is 0 Å². The number of thioether (sulfide) groups is 1. The van der Waals surface area contributed by atoms with Gasteiger partial charge in [0.2, 0.25) is 0 Å². The summed E-state index contributed by atoms with van der Waals surface area (Å²) in [7, 11) is 0. The van der Waals surface area contributed by atoms with E-state index in [1.54, 1.807) is 6.20 Å². The highest BCUT2D eigenvalue weighted by Gasteiger charge is 2.05. The third-order valence-electron chi connectivity index (χ3n) is 1.94. The van der Waals surface area contributed by atoms with Crippen LogP contribution < -0.4 is 5.73 Å². The monoisotopic (exact) mass is 201 g/mol. The molecule has 3 nitrogen and oxygen atoms in total. The van der Waals surface area contributed by atoms with Gasteiger partial charge in [-0.1, -0.05) is 24.3 Å². The second-order valence-electron chi connectivity index (χ2n) is 2.76. The van der Waals surface area contributed by atoms with E-state index in [0.29, 0.717) is 10.7 Å². The summed E-state index contributed by atoms with van der Waals surface area (Å²) in [5, 5.41) is 13.0. The van der Waals surface area contributed by atoms with E-state index in [0.717, 1.165) is 22.5 Å². The summed E-state index contributed by atoms with van der Waals surface area (Å²) in [5.41, 5.74) is 6.45. The maximum absolute atomic E-state index is 8.53. The quantitative estimate of drug-likeness (QED) is 0.568. The van der Waals surface area contributed by atoms with Crippen molar-refractivity contribution in [2.45, 2.75) is 5.03 Å². The number of nitrogens with zero attached hydrogens (tertiary/aromatic N) is 2. The molecule has 1 aromatic carbocycles. The molecule has 0 saturated heterocycles. The van der Waals surface area contributed by atoms with Crippen LogP contribution in [0, 0.1) is 10.7 Å². The van der Waals surface area contributed by atoms with Crippen LogP contribution >= 0.6 is 11.8 Å². The Kier molecular flexibility index (Phi) is 2.25. The van der Waals surface area contributed by atoms with Crippen LogP contribution in [0.15, 0.2) is 35.5 Å². The average molecular weight is 201 g/mol. The molecule has 0 aliphatic carbocycles. The molecule has 0 spiro atoms. The number of hydrogen-bond acceptors (Lipinski definition) is 4. The summed E-state index contributed by atoms with van der Waals surface area (Å²) in [6.45, 7) is 0. The van der Waals surface area contributed by atoms with Crippen LogP contribution in [0.1, 0.15) is 0 Å². The molecule has 0 atom stereocenters. The highest BCUT2D eigenvalue weighted by molar-refractivity contribution is 8.03. The zero-order chi connectivity index (χ0) is 9.97. The lowest BCUT2D eigenvalue weighted by Gasteiger charge is -2.03. The molecule has 0 radical (unpaired) electrons. The third-order valence-corrected chi connectivity index (χ3v) is 2.55. The molecule has 4 heteroatoms. The lowest BCUT2D eigenvalue weighted by Crippen LogP contribution is -1.92. The molecule has 0 unspecified atom stereocenters. The molecule has 0 bridgehead atoms. The van der Waals surface area contributed by atoms with Crippen LogP contribution in [0.3, 0.4) is 0 Å². The van der Waals surface area contributed by atoms with Gasteiger partial charge < -0.3 is 5.73 Å². The molecule has 1 heterocycles. The highest BCUT2D eigenvalue weighted by Crippen LogP contribution is 2.28. The van der Waals surface area contributed by atoms with Crippen molar-refractivity contribution in [3.8, 4) is 5.40 Å². The second-order valence-corrected chi connectivity index (χ2v) is 3.53. The van der Waals surface area contributed by atoms with Crippen LogP contribution in [0.4, 0.5) is 5.69 Å². The number of pyridine rings is 1. The van der Waals surface area contributed by atoms with Crippen LogP contribution in [-0.4, -0.2) is 4.98 Å². The van der Waals surface area contributed by atoms with Gasteiger partial charge in [-0.3, -0.25) is 0 Å². The smallest absolute Gasteiger partial charge is 0.140 e. The Labute approximate surface area is 85.6 Å². The first-order valence-corrected chi connectivity index (χ1v) is 4.83. The first-order chi connectivity index (χ1) is 6.83. The van der Waals surface area contributed by atoms with E-state index < -0.39 is 0 Å². The Hall–Kier alpha value is -1.73. The number of rotatable bonds is 1. The lowest BCUT2D eigenvalue weighted by atomic mass is 10.1. The Morgan fingerprint density at radius 1 is 1.36 bits per heavy atom. The second kappa shape index (κ2) is 3.56. The summed E-state index contributed by atoms with van der Waals surface area (Å²) in [6, 6.07) is 7.72. The topological polar surface area (TPSA) is 62.7 Å². The molecule has 0 aliphatic rings. The van der Waals surface area contributed by atoms with Crippen LogP contribution in [0.5, 0.6) is 0 Å². The van der Waals surface area contributed by atoms with Gasteiger partial charge in [-0.2, -0.15) is 5.26 Å². The standard InChI is InChI=1S/C10H7N3S/c11-6-14-10-9(12)8-4-2-1-3-7(8)5-13-10/h1-5H,12H2. The fraction of sp³-hybridized carbons (Fsp3) is 0. The summed E-state index contributed by atoms with van der Waals surface area (Å²) in [6.07, 6.45) is 1.73. The van der Waals surface area contributed by atoms with Gasteiger partial charge in [0.05, 0.1) is 5.69 Å². The van der Waals surface area contributed by atoms with E-state index in [9.17, 15) is 0 Å². The molecular formula is C10H7N3S. The summed E-state index contributed by atoms with van der Waals surface area (Å²) < 4.78 is 0. The first-order valence-electron chi connectivity index (χ1n) is 4.02. The van der Waals surface area contributed by atoms with Gasteiger partial charge in [-0.05, 0) is 0 Å². The van der Waals surface area contributed by atoms with Crippen molar-refractivity contribution in [3.63, 3.8) is 0 Å². The summed E-state index contributed by atoms with van der Waals surface area (Å²) in [4.78, 5) is 4.11. The molecule has 0 fully saturated rings. The predicted molar refractivity (Wildman–Crippen MR) is 57.6 cm³/mol. The van der Waals surface area contributed by atoms with E-state index in [-0.39, 0.29) is 0 Å². The fourth-order valence-electron chi connectivity index (χ4n) is 1.29. The largest absolute Gasteiger partial charge is 0.396 e. The first kappa shape index (κ1) is 8.85. The zero-order valence-corrected chi connectivity index (χ0v) is 8.08. The number of thiocyanates is 1. The Morgan fingerprint density at radius 3 is 2.93 bits per heavy atom. The predicted octanol–water partition coefficient (Wildman–Crippen LogP) is 2.39. The minimum atomic E-state index is 0.575. The SMILES string of the molecule is N#CSc1ncc2ccccc2c1N. The Balaban J connectivity index is 2.70. The number of benzene rings is 1. The zero-order valence-electron chi connectivity index (χ0n) is 7.27. The minimum absolute atomic E-state index is 0.575. The molecule has 2 N–H and O–H groups in total. The number of nitrogen functional groups attached to an aromatic ring is 1. The average Bonchev–Trinajstić information content (AvgIpc) is 2.23. The van der Waals surface area contributed by atoms with Crippen molar-refractivity contribution >= 4 is 28.2 Å². The molecule has 0 amide bonds. The van der Waals surface area contributed by atoms with Gasteiger partial charge in [0.1, 0.15) is 10.4 Å². The Morgan fingerprint density at radius 2 is 2.14 bits per heavy atom. The van der Waals surface area contributed by atoms with E-state index in [1.165, 1.54) is 0 Å². The molecule has 68 valence electrons.